The van der Waals surface area contributed by atoms with Crippen molar-refractivity contribution >= 4 is 0 Å². The molecule has 0 saturated heterocycles. The fourth-order valence-electron chi connectivity index (χ4n) is 1.92. The average molecular weight is 276 g/mol. The van der Waals surface area contributed by atoms with Crippen LogP contribution < -0.4 is 4.74 Å². The highest BCUT2D eigenvalue weighted by atomic mass is 16.5. The molecule has 0 aliphatic heterocycles. The van der Waals surface area contributed by atoms with Gasteiger partial charge < -0.3 is 4.74 Å². The molecule has 106 valence electrons. The van der Waals surface area contributed by atoms with Crippen LogP contribution in [0.3, 0.4) is 0 Å². The molecule has 0 heterocycles. The van der Waals surface area contributed by atoms with Crippen molar-refractivity contribution in [2.75, 3.05) is 0 Å². The maximum absolute atomic E-state index is 5.58. The van der Waals surface area contributed by atoms with Gasteiger partial charge in [-0.15, -0.1) is 0 Å². The first-order valence-corrected chi connectivity index (χ1v) is 7.05. The quantitative estimate of drug-likeness (QED) is 0.576. The smallest absolute Gasteiger partial charge is 0.127 e. The molecule has 0 fully saturated rings. The monoisotopic (exact) mass is 276 g/mol. The van der Waals surface area contributed by atoms with Crippen molar-refractivity contribution in [3.8, 4) is 11.5 Å². The van der Waals surface area contributed by atoms with Crippen LogP contribution in [-0.4, -0.2) is 0 Å². The maximum Gasteiger partial charge on any atom is 0.127 e. The largest absolute Gasteiger partial charge is 0.457 e. The lowest BCUT2D eigenvalue weighted by Crippen LogP contribution is -1.81. The Morgan fingerprint density at radius 2 is 0.952 bits per heavy atom. The van der Waals surface area contributed by atoms with Gasteiger partial charge in [-0.05, 0) is 38.1 Å². The Hall–Kier alpha value is -2.54. The van der Waals surface area contributed by atoms with Gasteiger partial charge in [0.15, 0.2) is 0 Å². The summed E-state index contributed by atoms with van der Waals surface area (Å²) in [6, 6.07) is 28.0. The number of rotatable bonds is 2. The highest BCUT2D eigenvalue weighted by molar-refractivity contribution is 5.30. The predicted molar refractivity (Wildman–Crippen MR) is 88.9 cm³/mol. The highest BCUT2D eigenvalue weighted by Crippen LogP contribution is 2.19. The van der Waals surface area contributed by atoms with Crippen molar-refractivity contribution in [1.82, 2.24) is 0 Å². The van der Waals surface area contributed by atoms with Gasteiger partial charge in [-0.3, -0.25) is 0 Å². The minimum atomic E-state index is 0.869. The molecule has 3 rings (SSSR count). The number of para-hydroxylation sites is 2. The first-order valence-electron chi connectivity index (χ1n) is 7.05. The molecule has 0 amide bonds. The Morgan fingerprint density at radius 1 is 0.524 bits per heavy atom. The van der Waals surface area contributed by atoms with Crippen LogP contribution >= 0.6 is 0 Å². The number of benzene rings is 3. The van der Waals surface area contributed by atoms with Crippen LogP contribution in [0.4, 0.5) is 0 Å². The Bertz CT molecular complexity index is 590. The van der Waals surface area contributed by atoms with Crippen LogP contribution in [0, 0.1) is 13.8 Å². The minimum absolute atomic E-state index is 0.869. The lowest BCUT2D eigenvalue weighted by Gasteiger charge is -2.03. The second kappa shape index (κ2) is 7.91. The van der Waals surface area contributed by atoms with Crippen LogP contribution in [-0.2, 0) is 0 Å². The second-order valence-electron chi connectivity index (χ2n) is 4.89. The third kappa shape index (κ3) is 5.53. The fourth-order valence-corrected chi connectivity index (χ4v) is 1.92. The van der Waals surface area contributed by atoms with E-state index in [0.717, 1.165) is 11.5 Å². The molecule has 1 heteroatoms. The Labute approximate surface area is 126 Å². The van der Waals surface area contributed by atoms with Crippen molar-refractivity contribution in [3.05, 3.63) is 96.1 Å². The van der Waals surface area contributed by atoms with Crippen LogP contribution in [0.2, 0.25) is 0 Å². The van der Waals surface area contributed by atoms with E-state index in [9.17, 15) is 0 Å². The van der Waals surface area contributed by atoms with Crippen LogP contribution in [0.15, 0.2) is 84.9 Å². The van der Waals surface area contributed by atoms with E-state index in [4.69, 9.17) is 4.74 Å². The molecule has 0 spiro atoms. The maximum atomic E-state index is 5.58. The molecular weight excluding hydrogens is 256 g/mol. The van der Waals surface area contributed by atoms with Crippen molar-refractivity contribution in [3.63, 3.8) is 0 Å². The predicted octanol–water partition coefficient (Wildman–Crippen LogP) is 5.78. The second-order valence-corrected chi connectivity index (χ2v) is 4.89. The summed E-state index contributed by atoms with van der Waals surface area (Å²) in [4.78, 5) is 0. The zero-order valence-corrected chi connectivity index (χ0v) is 12.5. The molecule has 1 nitrogen and oxygen atoms in total. The summed E-state index contributed by atoms with van der Waals surface area (Å²) in [7, 11) is 0. The Balaban J connectivity index is 0.000000173. The summed E-state index contributed by atoms with van der Waals surface area (Å²) >= 11 is 0. The third-order valence-electron chi connectivity index (χ3n) is 2.90. The average Bonchev–Trinajstić information content (AvgIpc) is 2.50. The molecule has 0 aromatic heterocycles. The molecule has 3 aromatic carbocycles. The van der Waals surface area contributed by atoms with Crippen molar-refractivity contribution in [2.45, 2.75) is 13.8 Å². The van der Waals surface area contributed by atoms with Gasteiger partial charge in [-0.25, -0.2) is 0 Å². The van der Waals surface area contributed by atoms with Gasteiger partial charge in [0.1, 0.15) is 11.5 Å². The topological polar surface area (TPSA) is 9.23 Å². The standard InChI is InChI=1S/C12H10O.C8H10/c1-3-7-11(8-4-1)13-12-9-5-2-6-10-12;1-7-4-3-5-8(2)6-7/h1-10H;3-6H,1-2H3. The van der Waals surface area contributed by atoms with E-state index in [-0.39, 0.29) is 0 Å². The van der Waals surface area contributed by atoms with Crippen molar-refractivity contribution < 1.29 is 4.74 Å². The molecule has 21 heavy (non-hydrogen) atoms. The van der Waals surface area contributed by atoms with E-state index < -0.39 is 0 Å². The van der Waals surface area contributed by atoms with Gasteiger partial charge in [0.2, 0.25) is 0 Å². The van der Waals surface area contributed by atoms with Gasteiger partial charge in [-0.2, -0.15) is 0 Å². The molecule has 0 unspecified atom stereocenters. The lowest BCUT2D eigenvalue weighted by atomic mass is 10.2. The van der Waals surface area contributed by atoms with Gasteiger partial charge in [0, 0.05) is 0 Å². The first kappa shape index (κ1) is 14.9. The van der Waals surface area contributed by atoms with Crippen molar-refractivity contribution in [2.24, 2.45) is 0 Å². The molecule has 0 atom stereocenters. The molecule has 0 aliphatic carbocycles. The zero-order valence-electron chi connectivity index (χ0n) is 12.5. The molecule has 0 radical (unpaired) electrons. The van der Waals surface area contributed by atoms with Gasteiger partial charge in [0.05, 0.1) is 0 Å². The van der Waals surface area contributed by atoms with Crippen LogP contribution in [0.25, 0.3) is 0 Å². The molecule has 0 N–H and O–H groups in total. The number of ether oxygens (including phenoxy) is 1. The summed E-state index contributed by atoms with van der Waals surface area (Å²) < 4.78 is 5.58. The van der Waals surface area contributed by atoms with Gasteiger partial charge in [0.25, 0.3) is 0 Å². The molecule has 0 saturated carbocycles. The molecule has 3 aromatic rings. The normalized spacial score (nSPS) is 9.43. The van der Waals surface area contributed by atoms with Crippen LogP contribution in [0.1, 0.15) is 11.1 Å². The third-order valence-corrected chi connectivity index (χ3v) is 2.90. The summed E-state index contributed by atoms with van der Waals surface area (Å²) in [5.41, 5.74) is 2.68. The number of hydrogen-bond donors (Lipinski definition) is 0. The Morgan fingerprint density at radius 3 is 1.29 bits per heavy atom. The number of aryl methyl sites for hydroxylation is 2. The molecule has 0 aliphatic rings. The van der Waals surface area contributed by atoms with E-state index in [2.05, 4.69) is 38.1 Å². The van der Waals surface area contributed by atoms with E-state index in [1.54, 1.807) is 0 Å². The van der Waals surface area contributed by atoms with E-state index in [0.29, 0.717) is 0 Å². The zero-order chi connectivity index (χ0) is 14.9. The fraction of sp³-hybridized carbons (Fsp3) is 0.100. The number of hydrogen-bond acceptors (Lipinski definition) is 1. The van der Waals surface area contributed by atoms with Crippen molar-refractivity contribution in [1.29, 1.82) is 0 Å². The summed E-state index contributed by atoms with van der Waals surface area (Å²) in [5, 5.41) is 0. The summed E-state index contributed by atoms with van der Waals surface area (Å²) in [6.45, 7) is 4.21. The molecule has 0 bridgehead atoms. The first-order chi connectivity index (χ1) is 10.2. The lowest BCUT2D eigenvalue weighted by molar-refractivity contribution is 0.482. The van der Waals surface area contributed by atoms with Gasteiger partial charge >= 0.3 is 0 Å². The Kier molecular flexibility index (Phi) is 5.60. The van der Waals surface area contributed by atoms with Gasteiger partial charge in [-0.1, -0.05) is 71.8 Å². The van der Waals surface area contributed by atoms with E-state index in [1.807, 2.05) is 60.7 Å². The molecular formula is C20H20O. The van der Waals surface area contributed by atoms with Crippen LogP contribution in [0.5, 0.6) is 11.5 Å². The highest BCUT2D eigenvalue weighted by Gasteiger charge is 1.92. The summed E-state index contributed by atoms with van der Waals surface area (Å²) in [6.07, 6.45) is 0. The van der Waals surface area contributed by atoms with E-state index >= 15 is 0 Å². The van der Waals surface area contributed by atoms with E-state index in [1.165, 1.54) is 11.1 Å². The minimum Gasteiger partial charge on any atom is -0.457 e. The summed E-state index contributed by atoms with van der Waals surface area (Å²) in [5.74, 6) is 1.74. The SMILES string of the molecule is Cc1cccc(C)c1.c1ccc(Oc2ccccc2)cc1.